The van der Waals surface area contributed by atoms with E-state index < -0.39 is 0 Å². The molecule has 0 aliphatic heterocycles. The van der Waals surface area contributed by atoms with Gasteiger partial charge >= 0.3 is 0 Å². The lowest BCUT2D eigenvalue weighted by molar-refractivity contribution is 0.662. The minimum atomic E-state index is -0.261. The molecule has 0 spiro atoms. The molecule has 2 aliphatic rings. The zero-order valence-electron chi connectivity index (χ0n) is 39.7. The van der Waals surface area contributed by atoms with E-state index >= 15 is 0 Å². The van der Waals surface area contributed by atoms with Crippen molar-refractivity contribution in [3.8, 4) is 66.8 Å². The van der Waals surface area contributed by atoms with E-state index in [0.717, 1.165) is 17.1 Å². The van der Waals surface area contributed by atoms with Crippen LogP contribution >= 0.6 is 0 Å². The Labute approximate surface area is 411 Å². The lowest BCUT2D eigenvalue weighted by atomic mass is 9.74. The number of nitrogens with zero attached hydrogens (tertiary/aromatic N) is 1. The summed E-state index contributed by atoms with van der Waals surface area (Å²) in [5.74, 6) is 0. The van der Waals surface area contributed by atoms with E-state index in [4.69, 9.17) is 0 Å². The van der Waals surface area contributed by atoms with Crippen molar-refractivity contribution in [2.45, 2.75) is 31.6 Å². The maximum Gasteiger partial charge on any atom is 0.0467 e. The first-order chi connectivity index (χ1) is 34.4. The summed E-state index contributed by atoms with van der Waals surface area (Å²) in [7, 11) is 0. The number of benzene rings is 11. The minimum absolute atomic E-state index is 0.134. The molecule has 0 radical (unpaired) electrons. The molecule has 70 heavy (non-hydrogen) atoms. The third-order valence-corrected chi connectivity index (χ3v) is 15.5. The minimum Gasteiger partial charge on any atom is -0.310 e. The Morgan fingerprint density at radius 1 is 0.286 bits per heavy atom. The summed E-state index contributed by atoms with van der Waals surface area (Å²) < 4.78 is 0. The SMILES string of the molecule is CC1(C)c2ccccc2-c2cccc(-c3cccc(N(c4ccc(-c5ccc6c(c5)C(C)(c5ccccc5)c5ccccc5-6)cc4)c4ccc(-c5cccc6cccc(-c7ccccc7)c56)cc4)c3)c21. The monoisotopic (exact) mass is 893 g/mol. The summed E-state index contributed by atoms with van der Waals surface area (Å²) in [4.78, 5) is 2.42. The van der Waals surface area contributed by atoms with E-state index in [2.05, 4.69) is 280 Å². The Balaban J connectivity index is 0.926. The molecule has 11 aromatic rings. The molecule has 332 valence electrons. The molecule has 1 atom stereocenters. The quantitative estimate of drug-likeness (QED) is 0.147. The first-order valence-electron chi connectivity index (χ1n) is 24.6. The predicted molar refractivity (Wildman–Crippen MR) is 295 cm³/mol. The third-order valence-electron chi connectivity index (χ3n) is 15.5. The van der Waals surface area contributed by atoms with Crippen molar-refractivity contribution in [3.05, 3.63) is 283 Å². The number of hydrogen-bond acceptors (Lipinski definition) is 1. The van der Waals surface area contributed by atoms with E-state index in [9.17, 15) is 0 Å². The Bertz CT molecular complexity index is 3780. The van der Waals surface area contributed by atoms with Crippen molar-refractivity contribution in [1.82, 2.24) is 0 Å². The average Bonchev–Trinajstić information content (AvgIpc) is 3.83. The molecule has 0 aromatic heterocycles. The molecule has 1 heteroatoms. The van der Waals surface area contributed by atoms with Gasteiger partial charge in [-0.25, -0.2) is 0 Å². The fraction of sp³-hybridized carbons (Fsp3) is 0.0725. The molecule has 0 saturated heterocycles. The summed E-state index contributed by atoms with van der Waals surface area (Å²) in [6.07, 6.45) is 0. The molecule has 1 nitrogen and oxygen atoms in total. The van der Waals surface area contributed by atoms with Gasteiger partial charge in [-0.05, 0) is 155 Å². The summed E-state index contributed by atoms with van der Waals surface area (Å²) in [6.45, 7) is 7.14. The van der Waals surface area contributed by atoms with E-state index in [0.29, 0.717) is 0 Å². The Morgan fingerprint density at radius 2 is 0.771 bits per heavy atom. The van der Waals surface area contributed by atoms with E-state index in [1.807, 2.05) is 0 Å². The summed E-state index contributed by atoms with van der Waals surface area (Å²) >= 11 is 0. The van der Waals surface area contributed by atoms with Crippen molar-refractivity contribution in [1.29, 1.82) is 0 Å². The van der Waals surface area contributed by atoms with Crippen LogP contribution in [0.15, 0.2) is 255 Å². The van der Waals surface area contributed by atoms with Gasteiger partial charge in [0, 0.05) is 27.9 Å². The first-order valence-corrected chi connectivity index (χ1v) is 24.6. The fourth-order valence-electron chi connectivity index (χ4n) is 12.1. The normalized spacial score (nSPS) is 15.0. The summed E-state index contributed by atoms with van der Waals surface area (Å²) in [5, 5.41) is 2.50. The topological polar surface area (TPSA) is 3.24 Å². The van der Waals surface area contributed by atoms with Gasteiger partial charge in [-0.1, -0.05) is 226 Å². The molecule has 1 unspecified atom stereocenters. The first kappa shape index (κ1) is 41.7. The third kappa shape index (κ3) is 6.53. The van der Waals surface area contributed by atoms with Crippen molar-refractivity contribution in [2.24, 2.45) is 0 Å². The highest BCUT2D eigenvalue weighted by Crippen LogP contribution is 2.54. The molecule has 2 aliphatic carbocycles. The van der Waals surface area contributed by atoms with Crippen LogP contribution in [0, 0.1) is 0 Å². The molecule has 11 aromatic carbocycles. The van der Waals surface area contributed by atoms with Gasteiger partial charge in [-0.2, -0.15) is 0 Å². The van der Waals surface area contributed by atoms with E-state index in [1.165, 1.54) is 105 Å². The van der Waals surface area contributed by atoms with Crippen molar-refractivity contribution in [3.63, 3.8) is 0 Å². The van der Waals surface area contributed by atoms with Crippen LogP contribution in [0.2, 0.25) is 0 Å². The van der Waals surface area contributed by atoms with Gasteiger partial charge in [0.25, 0.3) is 0 Å². The van der Waals surface area contributed by atoms with Crippen molar-refractivity contribution in [2.75, 3.05) is 4.90 Å². The smallest absolute Gasteiger partial charge is 0.0467 e. The van der Waals surface area contributed by atoms with Crippen LogP contribution in [0.5, 0.6) is 0 Å². The average molecular weight is 894 g/mol. The van der Waals surface area contributed by atoms with Crippen LogP contribution in [-0.4, -0.2) is 0 Å². The molecule has 0 saturated carbocycles. The van der Waals surface area contributed by atoms with Crippen LogP contribution in [0.1, 0.15) is 48.6 Å². The number of hydrogen-bond donors (Lipinski definition) is 0. The van der Waals surface area contributed by atoms with Crippen LogP contribution in [0.3, 0.4) is 0 Å². The molecule has 0 fully saturated rings. The second kappa shape index (κ2) is 16.3. The number of anilines is 3. The highest BCUT2D eigenvalue weighted by atomic mass is 15.1. The Kier molecular flexibility index (Phi) is 9.71. The van der Waals surface area contributed by atoms with Crippen LogP contribution in [0.25, 0.3) is 77.5 Å². The molecular weight excluding hydrogens is 843 g/mol. The molecular formula is C69H51N. The maximum atomic E-state index is 2.44. The lowest BCUT2D eigenvalue weighted by Gasteiger charge is -2.29. The zero-order valence-corrected chi connectivity index (χ0v) is 39.7. The predicted octanol–water partition coefficient (Wildman–Crippen LogP) is 18.6. The Morgan fingerprint density at radius 3 is 1.47 bits per heavy atom. The number of rotatable bonds is 8. The van der Waals surface area contributed by atoms with Gasteiger partial charge in [0.1, 0.15) is 0 Å². The fourth-order valence-corrected chi connectivity index (χ4v) is 12.1. The summed E-state index contributed by atoms with van der Waals surface area (Å²) in [6, 6.07) is 94.4. The molecule has 0 amide bonds. The van der Waals surface area contributed by atoms with Crippen molar-refractivity contribution < 1.29 is 0 Å². The van der Waals surface area contributed by atoms with Gasteiger partial charge in [0.15, 0.2) is 0 Å². The largest absolute Gasteiger partial charge is 0.310 e. The maximum absolute atomic E-state index is 2.44. The molecule has 0 N–H and O–H groups in total. The zero-order chi connectivity index (χ0) is 47.0. The molecule has 0 heterocycles. The second-order valence-electron chi connectivity index (χ2n) is 19.8. The van der Waals surface area contributed by atoms with Gasteiger partial charge in [-0.3, -0.25) is 0 Å². The van der Waals surface area contributed by atoms with Gasteiger partial charge in [-0.15, -0.1) is 0 Å². The number of fused-ring (bicyclic) bond motifs is 7. The van der Waals surface area contributed by atoms with E-state index in [-0.39, 0.29) is 10.8 Å². The van der Waals surface area contributed by atoms with Crippen LogP contribution in [-0.2, 0) is 10.8 Å². The Hall–Kier alpha value is -8.52. The van der Waals surface area contributed by atoms with Gasteiger partial charge < -0.3 is 4.90 Å². The standard InChI is InChI=1S/C69H51N/c1-68(2)63-32-12-10-27-60(63)62-31-17-30-58(67(62)68)51-22-14-25-55(44-51)70(54-41-36-48(37-42-54)57-29-16-21-49-20-15-28-56(66(49)57)47-18-6-4-7-19-47)53-39-34-46(35-40-53)50-38-43-61-59-26-11-13-33-64(59)69(3,65(61)45-50)52-23-8-5-9-24-52/h4-45H,1-3H3. The lowest BCUT2D eigenvalue weighted by Crippen LogP contribution is -2.22. The van der Waals surface area contributed by atoms with Crippen molar-refractivity contribution >= 4 is 27.8 Å². The molecule has 0 bridgehead atoms. The second-order valence-corrected chi connectivity index (χ2v) is 19.8. The highest BCUT2D eigenvalue weighted by molar-refractivity contribution is 6.06. The van der Waals surface area contributed by atoms with E-state index in [1.54, 1.807) is 0 Å². The van der Waals surface area contributed by atoms with Crippen LogP contribution in [0.4, 0.5) is 17.1 Å². The van der Waals surface area contributed by atoms with Gasteiger partial charge in [0.2, 0.25) is 0 Å². The molecule has 13 rings (SSSR count). The highest BCUT2D eigenvalue weighted by Gasteiger charge is 2.41. The van der Waals surface area contributed by atoms with Gasteiger partial charge in [0.05, 0.1) is 0 Å². The van der Waals surface area contributed by atoms with Crippen LogP contribution < -0.4 is 4.90 Å². The summed E-state index contributed by atoms with van der Waals surface area (Å²) in [5.41, 5.74) is 24.7.